The SMILES string of the molecule is CN(CC(CC=O)c1ccc(Cl)cc1)C(=O)c1cc(C#N)cc2ccccc12. The van der Waals surface area contributed by atoms with Gasteiger partial charge in [0.25, 0.3) is 5.91 Å². The van der Waals surface area contributed by atoms with Gasteiger partial charge in [-0.05, 0) is 40.6 Å². The summed E-state index contributed by atoms with van der Waals surface area (Å²) < 4.78 is 0. The number of aldehydes is 1. The molecule has 3 aromatic carbocycles. The molecule has 1 amide bonds. The van der Waals surface area contributed by atoms with Crippen LogP contribution in [0, 0.1) is 11.3 Å². The molecule has 0 aliphatic carbocycles. The second kappa shape index (κ2) is 8.69. The largest absolute Gasteiger partial charge is 0.341 e. The van der Waals surface area contributed by atoms with Crippen LogP contribution in [0.3, 0.4) is 0 Å². The van der Waals surface area contributed by atoms with E-state index in [1.165, 1.54) is 0 Å². The zero-order valence-electron chi connectivity index (χ0n) is 15.4. The zero-order valence-corrected chi connectivity index (χ0v) is 16.2. The number of hydrogen-bond acceptors (Lipinski definition) is 3. The van der Waals surface area contributed by atoms with Gasteiger partial charge in [0.05, 0.1) is 11.6 Å². The molecule has 0 heterocycles. The van der Waals surface area contributed by atoms with Crippen LogP contribution in [0.1, 0.15) is 33.8 Å². The number of hydrogen-bond donors (Lipinski definition) is 0. The molecule has 0 bridgehead atoms. The smallest absolute Gasteiger partial charge is 0.254 e. The van der Waals surface area contributed by atoms with Crippen molar-refractivity contribution < 1.29 is 9.59 Å². The predicted octanol–water partition coefficient (Wildman–Crippen LogP) is 4.81. The molecule has 0 N–H and O–H groups in total. The highest BCUT2D eigenvalue weighted by molar-refractivity contribution is 6.30. The number of carbonyl (C=O) groups is 2. The Morgan fingerprint density at radius 3 is 2.57 bits per heavy atom. The average molecular weight is 391 g/mol. The summed E-state index contributed by atoms with van der Waals surface area (Å²) in [6.45, 7) is 0.379. The van der Waals surface area contributed by atoms with Crippen molar-refractivity contribution in [3.8, 4) is 6.07 Å². The zero-order chi connectivity index (χ0) is 20.1. The second-order valence-electron chi connectivity index (χ2n) is 6.69. The first kappa shape index (κ1) is 19.6. The molecule has 140 valence electrons. The first-order valence-electron chi connectivity index (χ1n) is 8.91. The minimum atomic E-state index is -0.182. The van der Waals surface area contributed by atoms with Crippen molar-refractivity contribution in [2.45, 2.75) is 12.3 Å². The summed E-state index contributed by atoms with van der Waals surface area (Å²) in [7, 11) is 1.71. The Bertz CT molecular complexity index is 1050. The van der Waals surface area contributed by atoms with Gasteiger partial charge in [0.1, 0.15) is 6.29 Å². The molecule has 0 saturated heterocycles. The van der Waals surface area contributed by atoms with E-state index in [2.05, 4.69) is 6.07 Å². The van der Waals surface area contributed by atoms with Crippen LogP contribution in [0.4, 0.5) is 0 Å². The van der Waals surface area contributed by atoms with Gasteiger partial charge < -0.3 is 9.69 Å². The highest BCUT2D eigenvalue weighted by Crippen LogP contribution is 2.25. The Hall–Kier alpha value is -3.16. The third-order valence-electron chi connectivity index (χ3n) is 4.78. The Morgan fingerprint density at radius 1 is 1.18 bits per heavy atom. The van der Waals surface area contributed by atoms with Crippen LogP contribution in [0.15, 0.2) is 60.7 Å². The molecular formula is C23H19ClN2O2. The first-order chi connectivity index (χ1) is 13.5. The normalized spacial score (nSPS) is 11.6. The van der Waals surface area contributed by atoms with Gasteiger partial charge in [-0.1, -0.05) is 48.0 Å². The van der Waals surface area contributed by atoms with Gasteiger partial charge in [0, 0.05) is 36.5 Å². The van der Waals surface area contributed by atoms with Crippen molar-refractivity contribution in [1.82, 2.24) is 4.90 Å². The number of nitriles is 1. The van der Waals surface area contributed by atoms with Gasteiger partial charge in [-0.25, -0.2) is 0 Å². The topological polar surface area (TPSA) is 61.2 Å². The van der Waals surface area contributed by atoms with Crippen LogP contribution in [-0.4, -0.2) is 30.7 Å². The van der Waals surface area contributed by atoms with E-state index in [1.807, 2.05) is 36.4 Å². The number of likely N-dealkylation sites (N-methyl/N-ethyl adjacent to an activating group) is 1. The minimum Gasteiger partial charge on any atom is -0.341 e. The van der Waals surface area contributed by atoms with Gasteiger partial charge in [-0.15, -0.1) is 0 Å². The number of amides is 1. The molecule has 3 rings (SSSR count). The van der Waals surface area contributed by atoms with Crippen molar-refractivity contribution in [2.24, 2.45) is 0 Å². The summed E-state index contributed by atoms with van der Waals surface area (Å²) in [6, 6.07) is 20.3. The lowest BCUT2D eigenvalue weighted by atomic mass is 9.95. The van der Waals surface area contributed by atoms with Crippen LogP contribution in [0.25, 0.3) is 10.8 Å². The van der Waals surface area contributed by atoms with Gasteiger partial charge in [0.15, 0.2) is 0 Å². The molecule has 0 aliphatic heterocycles. The van der Waals surface area contributed by atoms with Gasteiger partial charge >= 0.3 is 0 Å². The number of carbonyl (C=O) groups excluding carboxylic acids is 2. The molecule has 5 heteroatoms. The number of nitrogens with zero attached hydrogens (tertiary/aromatic N) is 2. The highest BCUT2D eigenvalue weighted by Gasteiger charge is 2.20. The molecule has 1 unspecified atom stereocenters. The summed E-state index contributed by atoms with van der Waals surface area (Å²) in [4.78, 5) is 25.9. The van der Waals surface area contributed by atoms with E-state index in [0.29, 0.717) is 29.1 Å². The molecule has 0 spiro atoms. The summed E-state index contributed by atoms with van der Waals surface area (Å²) in [5, 5.41) is 11.6. The number of rotatable bonds is 6. The van der Waals surface area contributed by atoms with E-state index in [4.69, 9.17) is 11.6 Å². The van der Waals surface area contributed by atoms with Gasteiger partial charge in [0.2, 0.25) is 0 Å². The van der Waals surface area contributed by atoms with Crippen LogP contribution in [-0.2, 0) is 4.79 Å². The van der Waals surface area contributed by atoms with Crippen molar-refractivity contribution in [3.05, 3.63) is 82.4 Å². The van der Waals surface area contributed by atoms with Crippen molar-refractivity contribution in [1.29, 1.82) is 5.26 Å². The molecule has 4 nitrogen and oxygen atoms in total. The molecule has 1 atom stereocenters. The molecule has 0 radical (unpaired) electrons. The molecule has 28 heavy (non-hydrogen) atoms. The molecule has 0 saturated carbocycles. The average Bonchev–Trinajstić information content (AvgIpc) is 2.72. The Balaban J connectivity index is 1.91. The lowest BCUT2D eigenvalue weighted by molar-refractivity contribution is -0.108. The maximum Gasteiger partial charge on any atom is 0.254 e. The van der Waals surface area contributed by atoms with E-state index in [-0.39, 0.29) is 11.8 Å². The molecule has 0 aromatic heterocycles. The fourth-order valence-corrected chi connectivity index (χ4v) is 3.46. The summed E-state index contributed by atoms with van der Waals surface area (Å²) >= 11 is 5.95. The van der Waals surface area contributed by atoms with Crippen LogP contribution in [0.2, 0.25) is 5.02 Å². The third-order valence-corrected chi connectivity index (χ3v) is 5.04. The van der Waals surface area contributed by atoms with E-state index < -0.39 is 0 Å². The summed E-state index contributed by atoms with van der Waals surface area (Å²) in [5.74, 6) is -0.313. The lowest BCUT2D eigenvalue weighted by Crippen LogP contribution is -2.31. The lowest BCUT2D eigenvalue weighted by Gasteiger charge is -2.24. The summed E-state index contributed by atoms with van der Waals surface area (Å²) in [6.07, 6.45) is 1.17. The second-order valence-corrected chi connectivity index (χ2v) is 7.13. The molecule has 0 aliphatic rings. The van der Waals surface area contributed by atoms with Gasteiger partial charge in [-0.3, -0.25) is 4.79 Å². The minimum absolute atomic E-state index is 0.130. The monoisotopic (exact) mass is 390 g/mol. The number of benzene rings is 3. The van der Waals surface area contributed by atoms with Crippen molar-refractivity contribution in [2.75, 3.05) is 13.6 Å². The van der Waals surface area contributed by atoms with Crippen LogP contribution < -0.4 is 0 Å². The fraction of sp³-hybridized carbons (Fsp3) is 0.174. The molecular weight excluding hydrogens is 372 g/mol. The Morgan fingerprint density at radius 2 is 1.89 bits per heavy atom. The highest BCUT2D eigenvalue weighted by atomic mass is 35.5. The van der Waals surface area contributed by atoms with E-state index in [9.17, 15) is 14.9 Å². The maximum absolute atomic E-state index is 13.2. The quantitative estimate of drug-likeness (QED) is 0.567. The van der Waals surface area contributed by atoms with E-state index in [1.54, 1.807) is 36.2 Å². The number of fused-ring (bicyclic) bond motifs is 1. The molecule has 0 fully saturated rings. The number of halogens is 1. The Kier molecular flexibility index (Phi) is 6.08. The van der Waals surface area contributed by atoms with Crippen molar-refractivity contribution >= 4 is 34.6 Å². The Labute approximate surface area is 169 Å². The van der Waals surface area contributed by atoms with Gasteiger partial charge in [-0.2, -0.15) is 5.26 Å². The van der Waals surface area contributed by atoms with Crippen molar-refractivity contribution in [3.63, 3.8) is 0 Å². The van der Waals surface area contributed by atoms with E-state index in [0.717, 1.165) is 22.6 Å². The predicted molar refractivity (Wildman–Crippen MR) is 110 cm³/mol. The maximum atomic E-state index is 13.2. The fourth-order valence-electron chi connectivity index (χ4n) is 3.34. The third kappa shape index (κ3) is 4.21. The molecule has 3 aromatic rings. The van der Waals surface area contributed by atoms with Crippen LogP contribution >= 0.6 is 11.6 Å². The van der Waals surface area contributed by atoms with E-state index >= 15 is 0 Å². The summed E-state index contributed by atoms with van der Waals surface area (Å²) in [5.41, 5.74) is 1.88. The standard InChI is InChI=1S/C23H19ClN2O2/c1-26(15-19(10-11-27)17-6-8-20(24)9-7-17)23(28)22-13-16(14-25)12-18-4-2-3-5-21(18)22/h2-9,11-13,19H,10,15H2,1H3. The van der Waals surface area contributed by atoms with Crippen LogP contribution in [0.5, 0.6) is 0 Å². The first-order valence-corrected chi connectivity index (χ1v) is 9.28.